The first-order valence-electron chi connectivity index (χ1n) is 5.49. The van der Waals surface area contributed by atoms with Crippen LogP contribution in [0.1, 0.15) is 9.80 Å². The number of nitrogens with one attached hydrogen (secondary N) is 1. The Labute approximate surface area is 122 Å². The molecule has 9 heteroatoms. The monoisotopic (exact) mass is 309 g/mol. The maximum absolute atomic E-state index is 12.0. The largest absolute Gasteiger partial charge is 0.495 e. The number of halogens is 1. The summed E-state index contributed by atoms with van der Waals surface area (Å²) in [4.78, 5) is 12.6. The van der Waals surface area contributed by atoms with Crippen LogP contribution in [0.4, 0.5) is 5.69 Å². The minimum Gasteiger partial charge on any atom is -0.495 e. The number of carbonyl (C=O) groups is 1. The molecule has 0 unspecified atom stereocenters. The molecular formula is C11H8ClN5O2S. The van der Waals surface area contributed by atoms with Crippen LogP contribution in [0.5, 0.6) is 5.75 Å². The molecule has 20 heavy (non-hydrogen) atoms. The third kappa shape index (κ3) is 2.30. The van der Waals surface area contributed by atoms with Crippen LogP contribution in [0.2, 0.25) is 5.02 Å². The van der Waals surface area contributed by atoms with Crippen molar-refractivity contribution in [3.8, 4) is 5.75 Å². The fourth-order valence-corrected chi connectivity index (χ4v) is 2.55. The van der Waals surface area contributed by atoms with Gasteiger partial charge in [-0.15, -0.1) is 15.3 Å². The van der Waals surface area contributed by atoms with Crippen LogP contribution < -0.4 is 10.1 Å². The van der Waals surface area contributed by atoms with E-state index in [1.54, 1.807) is 18.2 Å². The summed E-state index contributed by atoms with van der Waals surface area (Å²) < 4.78 is 6.49. The Morgan fingerprint density at radius 1 is 1.50 bits per heavy atom. The van der Waals surface area contributed by atoms with Crippen LogP contribution in [0.15, 0.2) is 24.5 Å². The second-order valence-corrected chi connectivity index (χ2v) is 5.13. The number of amides is 1. The van der Waals surface area contributed by atoms with E-state index in [9.17, 15) is 4.79 Å². The number of benzene rings is 1. The second kappa shape index (κ2) is 5.06. The van der Waals surface area contributed by atoms with Gasteiger partial charge in [-0.05, 0) is 18.2 Å². The van der Waals surface area contributed by atoms with Gasteiger partial charge in [-0.2, -0.15) is 4.52 Å². The van der Waals surface area contributed by atoms with Crippen molar-refractivity contribution < 1.29 is 9.53 Å². The van der Waals surface area contributed by atoms with E-state index in [4.69, 9.17) is 16.3 Å². The Morgan fingerprint density at radius 2 is 2.35 bits per heavy atom. The van der Waals surface area contributed by atoms with E-state index in [2.05, 4.69) is 20.6 Å². The lowest BCUT2D eigenvalue weighted by atomic mass is 10.3. The SMILES string of the molecule is COc1ccc(NC(=O)c2nn3cnnc3s2)cc1Cl. The zero-order valence-corrected chi connectivity index (χ0v) is 11.8. The summed E-state index contributed by atoms with van der Waals surface area (Å²) >= 11 is 7.15. The third-order valence-electron chi connectivity index (χ3n) is 2.49. The Morgan fingerprint density at radius 3 is 3.05 bits per heavy atom. The number of hydrogen-bond donors (Lipinski definition) is 1. The molecule has 0 radical (unpaired) electrons. The van der Waals surface area contributed by atoms with E-state index in [1.165, 1.54) is 18.0 Å². The molecule has 0 atom stereocenters. The molecule has 3 rings (SSSR count). The number of aromatic nitrogens is 4. The highest BCUT2D eigenvalue weighted by Gasteiger charge is 2.14. The van der Waals surface area contributed by atoms with E-state index < -0.39 is 0 Å². The van der Waals surface area contributed by atoms with Gasteiger partial charge >= 0.3 is 0 Å². The van der Waals surface area contributed by atoms with Gasteiger partial charge in [-0.1, -0.05) is 22.9 Å². The summed E-state index contributed by atoms with van der Waals surface area (Å²) in [7, 11) is 1.53. The molecule has 1 aromatic carbocycles. The number of hydrogen-bond acceptors (Lipinski definition) is 6. The second-order valence-electron chi connectivity index (χ2n) is 3.77. The van der Waals surface area contributed by atoms with Gasteiger partial charge in [0.25, 0.3) is 5.91 Å². The summed E-state index contributed by atoms with van der Waals surface area (Å²) in [6.07, 6.45) is 1.44. The predicted molar refractivity (Wildman–Crippen MR) is 74.6 cm³/mol. The smallest absolute Gasteiger partial charge is 0.286 e. The van der Waals surface area contributed by atoms with Crippen molar-refractivity contribution in [1.82, 2.24) is 19.8 Å². The number of methoxy groups -OCH3 is 1. The predicted octanol–water partition coefficient (Wildman–Crippen LogP) is 2.10. The van der Waals surface area contributed by atoms with Crippen molar-refractivity contribution in [2.24, 2.45) is 0 Å². The number of ether oxygens (including phenoxy) is 1. The summed E-state index contributed by atoms with van der Waals surface area (Å²) in [5, 5.41) is 15.0. The number of rotatable bonds is 3. The van der Waals surface area contributed by atoms with Gasteiger partial charge in [0, 0.05) is 5.69 Å². The Balaban J connectivity index is 1.81. The Hall–Kier alpha value is -2.19. The topological polar surface area (TPSA) is 81.4 Å². The average molecular weight is 310 g/mol. The standard InChI is InChI=1S/C11H8ClN5O2S/c1-19-8-3-2-6(4-7(8)12)14-9(18)10-16-17-5-13-15-11(17)20-10/h2-5H,1H3,(H,14,18). The van der Waals surface area contributed by atoms with E-state index >= 15 is 0 Å². The average Bonchev–Trinajstić information content (AvgIpc) is 2.99. The molecule has 2 aromatic heterocycles. The fraction of sp³-hybridized carbons (Fsp3) is 0.0909. The molecule has 0 fully saturated rings. The quantitative estimate of drug-likeness (QED) is 0.801. The zero-order valence-electron chi connectivity index (χ0n) is 10.2. The number of carbonyl (C=O) groups excluding carboxylic acids is 1. The van der Waals surface area contributed by atoms with Gasteiger partial charge in [0.05, 0.1) is 12.1 Å². The molecule has 0 spiro atoms. The maximum Gasteiger partial charge on any atom is 0.286 e. The van der Waals surface area contributed by atoms with Crippen LogP contribution in [0, 0.1) is 0 Å². The minimum absolute atomic E-state index is 0.293. The highest BCUT2D eigenvalue weighted by Crippen LogP contribution is 2.27. The summed E-state index contributed by atoms with van der Waals surface area (Å²) in [6, 6.07) is 4.98. The van der Waals surface area contributed by atoms with Crippen molar-refractivity contribution in [2.75, 3.05) is 12.4 Å². The van der Waals surface area contributed by atoms with E-state index in [-0.39, 0.29) is 5.91 Å². The molecule has 1 amide bonds. The van der Waals surface area contributed by atoms with Gasteiger partial charge in [0.2, 0.25) is 9.97 Å². The first-order chi connectivity index (χ1) is 9.67. The lowest BCUT2D eigenvalue weighted by molar-refractivity contribution is 0.102. The van der Waals surface area contributed by atoms with Crippen LogP contribution in [0.3, 0.4) is 0 Å². The molecule has 3 aromatic rings. The number of fused-ring (bicyclic) bond motifs is 1. The van der Waals surface area contributed by atoms with Crippen molar-refractivity contribution in [2.45, 2.75) is 0 Å². The molecule has 0 saturated carbocycles. The first kappa shape index (κ1) is 12.8. The van der Waals surface area contributed by atoms with Crippen molar-refractivity contribution in [3.05, 3.63) is 34.6 Å². The van der Waals surface area contributed by atoms with Gasteiger partial charge in [-0.3, -0.25) is 4.79 Å². The zero-order chi connectivity index (χ0) is 14.1. The first-order valence-corrected chi connectivity index (χ1v) is 6.68. The maximum atomic E-state index is 12.0. The molecule has 0 aliphatic carbocycles. The van der Waals surface area contributed by atoms with E-state index in [0.717, 1.165) is 11.3 Å². The van der Waals surface area contributed by atoms with E-state index in [0.29, 0.717) is 26.4 Å². The lowest BCUT2D eigenvalue weighted by Gasteiger charge is -2.06. The fourth-order valence-electron chi connectivity index (χ4n) is 1.58. The summed E-state index contributed by atoms with van der Waals surface area (Å²) in [5.41, 5.74) is 0.562. The highest BCUT2D eigenvalue weighted by molar-refractivity contribution is 7.18. The molecule has 0 aliphatic heterocycles. The minimum atomic E-state index is -0.332. The van der Waals surface area contributed by atoms with Crippen LogP contribution in [0.25, 0.3) is 4.96 Å². The van der Waals surface area contributed by atoms with Crippen molar-refractivity contribution in [3.63, 3.8) is 0 Å². The Bertz CT molecular complexity index is 756. The normalized spacial score (nSPS) is 10.7. The molecule has 0 saturated heterocycles. The molecule has 2 heterocycles. The van der Waals surface area contributed by atoms with Gasteiger partial charge in [0.15, 0.2) is 0 Å². The summed E-state index contributed by atoms with van der Waals surface area (Å²) in [5.74, 6) is 0.213. The van der Waals surface area contributed by atoms with Crippen LogP contribution >= 0.6 is 22.9 Å². The lowest BCUT2D eigenvalue weighted by Crippen LogP contribution is -2.12. The molecule has 1 N–H and O–H groups in total. The molecule has 7 nitrogen and oxygen atoms in total. The third-order valence-corrected chi connectivity index (χ3v) is 3.70. The molecule has 0 aliphatic rings. The molecular weight excluding hydrogens is 302 g/mol. The van der Waals surface area contributed by atoms with E-state index in [1.807, 2.05) is 0 Å². The number of anilines is 1. The van der Waals surface area contributed by atoms with Crippen LogP contribution in [-0.4, -0.2) is 32.8 Å². The highest BCUT2D eigenvalue weighted by atomic mass is 35.5. The van der Waals surface area contributed by atoms with Crippen molar-refractivity contribution >= 4 is 39.5 Å². The van der Waals surface area contributed by atoms with Gasteiger partial charge in [0.1, 0.15) is 12.1 Å². The molecule has 0 bridgehead atoms. The van der Waals surface area contributed by atoms with Crippen LogP contribution in [-0.2, 0) is 0 Å². The summed E-state index contributed by atoms with van der Waals surface area (Å²) in [6.45, 7) is 0. The Kier molecular flexibility index (Phi) is 3.25. The molecule has 102 valence electrons. The van der Waals surface area contributed by atoms with Gasteiger partial charge in [-0.25, -0.2) is 0 Å². The number of nitrogens with zero attached hydrogens (tertiary/aromatic N) is 4. The van der Waals surface area contributed by atoms with Crippen molar-refractivity contribution in [1.29, 1.82) is 0 Å². The van der Waals surface area contributed by atoms with Gasteiger partial charge < -0.3 is 10.1 Å².